The third-order valence-electron chi connectivity index (χ3n) is 5.00. The zero-order valence-corrected chi connectivity index (χ0v) is 15.9. The van der Waals surface area contributed by atoms with E-state index in [1.54, 1.807) is 6.20 Å². The second-order valence-corrected chi connectivity index (χ2v) is 7.23. The van der Waals surface area contributed by atoms with E-state index in [0.29, 0.717) is 10.7 Å². The molecule has 0 spiro atoms. The van der Waals surface area contributed by atoms with Crippen molar-refractivity contribution >= 4 is 28.4 Å². The molecule has 1 saturated heterocycles. The van der Waals surface area contributed by atoms with Gasteiger partial charge >= 0.3 is 0 Å². The number of furan rings is 1. The van der Waals surface area contributed by atoms with Gasteiger partial charge in [-0.25, -0.2) is 4.98 Å². The second kappa shape index (κ2) is 7.30. The van der Waals surface area contributed by atoms with E-state index in [1.165, 1.54) is 0 Å². The summed E-state index contributed by atoms with van der Waals surface area (Å²) in [5.74, 6) is 0.769. The SMILES string of the molecule is Clc1c(NC2CCCO2)cnc2oc(-c3ccccc3)c(-c3ccccc3)c12. The van der Waals surface area contributed by atoms with Gasteiger partial charge in [0.2, 0.25) is 5.71 Å². The van der Waals surface area contributed by atoms with Crippen molar-refractivity contribution in [3.63, 3.8) is 0 Å². The summed E-state index contributed by atoms with van der Waals surface area (Å²) in [6.07, 6.45) is 3.70. The van der Waals surface area contributed by atoms with Crippen LogP contribution in [-0.2, 0) is 4.74 Å². The van der Waals surface area contributed by atoms with Gasteiger partial charge in [-0.15, -0.1) is 0 Å². The predicted octanol–water partition coefficient (Wildman–Crippen LogP) is 6.36. The highest BCUT2D eigenvalue weighted by Crippen LogP contribution is 2.45. The summed E-state index contributed by atoms with van der Waals surface area (Å²) in [4.78, 5) is 4.55. The summed E-state index contributed by atoms with van der Waals surface area (Å²) < 4.78 is 11.9. The van der Waals surface area contributed by atoms with Gasteiger partial charge < -0.3 is 14.5 Å². The Labute approximate surface area is 168 Å². The van der Waals surface area contributed by atoms with Crippen molar-refractivity contribution < 1.29 is 9.15 Å². The molecule has 0 aliphatic carbocycles. The Morgan fingerprint density at radius 1 is 0.964 bits per heavy atom. The molecular formula is C23H19ClN2O2. The standard InChI is InChI=1S/C23H19ClN2O2/c24-21-17(26-18-12-7-13-27-18)14-25-23-20(21)19(15-8-3-1-4-9-15)22(28-23)16-10-5-2-6-11-16/h1-6,8-11,14,18,26H,7,12-13H2. The fraction of sp³-hybridized carbons (Fsp3) is 0.174. The van der Waals surface area contributed by atoms with Crippen LogP contribution in [-0.4, -0.2) is 17.8 Å². The third kappa shape index (κ3) is 3.05. The van der Waals surface area contributed by atoms with Crippen LogP contribution in [0.4, 0.5) is 5.69 Å². The van der Waals surface area contributed by atoms with Gasteiger partial charge in [-0.1, -0.05) is 72.3 Å². The summed E-state index contributed by atoms with van der Waals surface area (Å²) in [5, 5.41) is 4.79. The van der Waals surface area contributed by atoms with Gasteiger partial charge in [0.15, 0.2) is 0 Å². The number of anilines is 1. The van der Waals surface area contributed by atoms with Crippen LogP contribution in [0.1, 0.15) is 12.8 Å². The van der Waals surface area contributed by atoms with E-state index in [1.807, 2.05) is 48.5 Å². The van der Waals surface area contributed by atoms with Crippen molar-refractivity contribution in [2.45, 2.75) is 19.1 Å². The minimum atomic E-state index is -0.0302. The smallest absolute Gasteiger partial charge is 0.228 e. The lowest BCUT2D eigenvalue weighted by molar-refractivity contribution is 0.132. The maximum atomic E-state index is 6.86. The number of aromatic nitrogens is 1. The molecule has 0 saturated carbocycles. The van der Waals surface area contributed by atoms with Crippen molar-refractivity contribution in [3.05, 3.63) is 71.9 Å². The van der Waals surface area contributed by atoms with E-state index in [0.717, 1.165) is 53.0 Å². The molecule has 28 heavy (non-hydrogen) atoms. The molecule has 3 heterocycles. The Balaban J connectivity index is 1.73. The molecule has 1 aliphatic heterocycles. The van der Waals surface area contributed by atoms with E-state index < -0.39 is 0 Å². The highest BCUT2D eigenvalue weighted by atomic mass is 35.5. The van der Waals surface area contributed by atoms with Gasteiger partial charge in [0.1, 0.15) is 12.0 Å². The fourth-order valence-corrected chi connectivity index (χ4v) is 3.95. The first kappa shape index (κ1) is 17.3. The third-order valence-corrected chi connectivity index (χ3v) is 5.39. The van der Waals surface area contributed by atoms with Crippen LogP contribution in [0, 0.1) is 0 Å². The molecular weight excluding hydrogens is 372 g/mol. The summed E-state index contributed by atoms with van der Waals surface area (Å²) in [6, 6.07) is 20.2. The lowest BCUT2D eigenvalue weighted by atomic mass is 9.99. The monoisotopic (exact) mass is 390 g/mol. The zero-order chi connectivity index (χ0) is 18.9. The van der Waals surface area contributed by atoms with Crippen LogP contribution in [0.5, 0.6) is 0 Å². The normalized spacial score (nSPS) is 16.5. The highest BCUT2D eigenvalue weighted by molar-refractivity contribution is 6.39. The molecule has 1 N–H and O–H groups in total. The number of rotatable bonds is 4. The molecule has 1 aliphatic rings. The van der Waals surface area contributed by atoms with Crippen LogP contribution >= 0.6 is 11.6 Å². The molecule has 4 aromatic rings. The molecule has 0 radical (unpaired) electrons. The van der Waals surface area contributed by atoms with Crippen molar-refractivity contribution in [2.24, 2.45) is 0 Å². The van der Waals surface area contributed by atoms with Crippen LogP contribution in [0.3, 0.4) is 0 Å². The van der Waals surface area contributed by atoms with Crippen LogP contribution in [0.15, 0.2) is 71.3 Å². The molecule has 0 bridgehead atoms. The quantitative estimate of drug-likeness (QED) is 0.440. The summed E-state index contributed by atoms with van der Waals surface area (Å²) in [7, 11) is 0. The van der Waals surface area contributed by atoms with Gasteiger partial charge in [0.05, 0.1) is 22.3 Å². The minimum Gasteiger partial charge on any atom is -0.437 e. The lowest BCUT2D eigenvalue weighted by Gasteiger charge is -2.14. The van der Waals surface area contributed by atoms with E-state index in [9.17, 15) is 0 Å². The van der Waals surface area contributed by atoms with Crippen molar-refractivity contribution in [1.29, 1.82) is 0 Å². The van der Waals surface area contributed by atoms with E-state index in [-0.39, 0.29) is 6.23 Å². The Morgan fingerprint density at radius 3 is 2.36 bits per heavy atom. The minimum absolute atomic E-state index is 0.0302. The molecule has 1 fully saturated rings. The zero-order valence-electron chi connectivity index (χ0n) is 15.2. The number of fused-ring (bicyclic) bond motifs is 1. The van der Waals surface area contributed by atoms with Gasteiger partial charge in [-0.3, -0.25) is 0 Å². The number of pyridine rings is 1. The van der Waals surface area contributed by atoms with Crippen molar-refractivity contribution in [3.8, 4) is 22.5 Å². The first-order valence-corrected chi connectivity index (χ1v) is 9.79. The fourth-order valence-electron chi connectivity index (χ4n) is 3.67. The van der Waals surface area contributed by atoms with Crippen molar-refractivity contribution in [2.75, 3.05) is 11.9 Å². The molecule has 1 atom stereocenters. The Bertz CT molecular complexity index is 1100. The predicted molar refractivity (Wildman–Crippen MR) is 112 cm³/mol. The number of nitrogens with one attached hydrogen (secondary N) is 1. The largest absolute Gasteiger partial charge is 0.437 e. The molecule has 1 unspecified atom stereocenters. The Morgan fingerprint density at radius 2 is 1.68 bits per heavy atom. The first-order valence-electron chi connectivity index (χ1n) is 9.41. The number of hydrogen-bond acceptors (Lipinski definition) is 4. The lowest BCUT2D eigenvalue weighted by Crippen LogP contribution is -2.17. The second-order valence-electron chi connectivity index (χ2n) is 6.85. The van der Waals surface area contributed by atoms with Gasteiger partial charge in [0, 0.05) is 17.7 Å². The number of halogens is 1. The van der Waals surface area contributed by atoms with E-state index >= 15 is 0 Å². The molecule has 4 nitrogen and oxygen atoms in total. The van der Waals surface area contributed by atoms with E-state index in [2.05, 4.69) is 22.4 Å². The van der Waals surface area contributed by atoms with Gasteiger partial charge in [-0.05, 0) is 18.4 Å². The molecule has 140 valence electrons. The summed E-state index contributed by atoms with van der Waals surface area (Å²) in [5.41, 5.74) is 4.27. The van der Waals surface area contributed by atoms with Crippen molar-refractivity contribution in [1.82, 2.24) is 4.98 Å². The number of hydrogen-bond donors (Lipinski definition) is 1. The highest BCUT2D eigenvalue weighted by Gasteiger charge is 2.24. The van der Waals surface area contributed by atoms with Crippen LogP contribution in [0.25, 0.3) is 33.6 Å². The first-order chi connectivity index (χ1) is 13.8. The van der Waals surface area contributed by atoms with Gasteiger partial charge in [-0.2, -0.15) is 0 Å². The Hall–Kier alpha value is -2.82. The molecule has 0 amide bonds. The maximum absolute atomic E-state index is 6.86. The van der Waals surface area contributed by atoms with Gasteiger partial charge in [0.25, 0.3) is 0 Å². The van der Waals surface area contributed by atoms with Crippen LogP contribution in [0.2, 0.25) is 5.02 Å². The topological polar surface area (TPSA) is 47.3 Å². The number of ether oxygens (including phenoxy) is 1. The Kier molecular flexibility index (Phi) is 4.51. The van der Waals surface area contributed by atoms with Crippen LogP contribution < -0.4 is 5.32 Å². The summed E-state index contributed by atoms with van der Waals surface area (Å²) >= 11 is 6.86. The molecule has 5 rings (SSSR count). The summed E-state index contributed by atoms with van der Waals surface area (Å²) in [6.45, 7) is 0.768. The molecule has 2 aromatic heterocycles. The maximum Gasteiger partial charge on any atom is 0.228 e. The molecule has 5 heteroatoms. The number of benzene rings is 2. The molecule has 2 aromatic carbocycles. The number of nitrogens with zero attached hydrogens (tertiary/aromatic N) is 1. The van der Waals surface area contributed by atoms with E-state index in [4.69, 9.17) is 20.8 Å². The average molecular weight is 391 g/mol. The average Bonchev–Trinajstić information content (AvgIpc) is 3.39.